The van der Waals surface area contributed by atoms with Crippen molar-refractivity contribution in [3.8, 4) is 6.07 Å². The van der Waals surface area contributed by atoms with Crippen LogP contribution in [0.1, 0.15) is 32.4 Å². The van der Waals surface area contributed by atoms with Gasteiger partial charge in [-0.15, -0.1) is 0 Å². The Morgan fingerprint density at radius 1 is 1.30 bits per heavy atom. The largest absolute Gasteiger partial charge is 0.444 e. The average Bonchev–Trinajstić information content (AvgIpc) is 2.34. The molecule has 5 nitrogen and oxygen atoms in total. The number of alkyl carbamates (subject to hydrolysis) is 1. The van der Waals surface area contributed by atoms with Crippen LogP contribution in [0.4, 0.5) is 10.5 Å². The molecule has 0 aromatic heterocycles. The third-order valence-corrected chi connectivity index (χ3v) is 2.53. The fraction of sp³-hybridized carbons (Fsp3) is 0.467. The summed E-state index contributed by atoms with van der Waals surface area (Å²) in [6.07, 6.45) is -0.597. The highest BCUT2D eigenvalue weighted by Gasteiger charge is 2.20. The van der Waals surface area contributed by atoms with Crippen LogP contribution < -0.4 is 10.2 Å². The first-order valence-electron chi connectivity index (χ1n) is 6.39. The minimum Gasteiger partial charge on any atom is -0.444 e. The number of benzene rings is 1. The van der Waals surface area contributed by atoms with Crippen molar-refractivity contribution < 1.29 is 9.53 Å². The lowest BCUT2D eigenvalue weighted by atomic mass is 10.1. The van der Waals surface area contributed by atoms with E-state index in [1.165, 1.54) is 0 Å². The van der Waals surface area contributed by atoms with Crippen molar-refractivity contribution in [2.24, 2.45) is 0 Å². The number of nitrogens with one attached hydrogen (secondary N) is 1. The van der Waals surface area contributed by atoms with Gasteiger partial charge in [0.05, 0.1) is 6.07 Å². The van der Waals surface area contributed by atoms with E-state index in [4.69, 9.17) is 4.74 Å². The van der Waals surface area contributed by atoms with Crippen LogP contribution in [0.5, 0.6) is 0 Å². The van der Waals surface area contributed by atoms with Crippen LogP contribution in [-0.2, 0) is 4.74 Å². The molecule has 1 atom stereocenters. The number of carbonyl (C=O) groups excluding carboxylic acids is 1. The molecule has 1 rings (SSSR count). The third kappa shape index (κ3) is 4.81. The van der Waals surface area contributed by atoms with Gasteiger partial charge < -0.3 is 15.0 Å². The Morgan fingerprint density at radius 3 is 2.25 bits per heavy atom. The summed E-state index contributed by atoms with van der Waals surface area (Å²) in [5.74, 6) is 0. The van der Waals surface area contributed by atoms with E-state index in [9.17, 15) is 10.1 Å². The smallest absolute Gasteiger partial charge is 0.408 e. The van der Waals surface area contributed by atoms with E-state index >= 15 is 0 Å². The number of anilines is 1. The second-order valence-corrected chi connectivity index (χ2v) is 5.69. The summed E-state index contributed by atoms with van der Waals surface area (Å²) in [5, 5.41) is 11.7. The van der Waals surface area contributed by atoms with Crippen molar-refractivity contribution in [1.82, 2.24) is 5.32 Å². The van der Waals surface area contributed by atoms with Gasteiger partial charge in [0, 0.05) is 19.8 Å². The molecule has 0 fully saturated rings. The number of hydrogen-bond acceptors (Lipinski definition) is 4. The molecule has 108 valence electrons. The SMILES string of the molecule is CN(C)c1ccc(C(C#N)NC(=O)OC(C)(C)C)cc1. The number of amides is 1. The van der Waals surface area contributed by atoms with Crippen molar-refractivity contribution in [3.63, 3.8) is 0 Å². The van der Waals surface area contributed by atoms with Crippen molar-refractivity contribution >= 4 is 11.8 Å². The average molecular weight is 275 g/mol. The van der Waals surface area contributed by atoms with Crippen LogP contribution in [0.2, 0.25) is 0 Å². The molecule has 0 saturated heterocycles. The first-order chi connectivity index (χ1) is 9.23. The van der Waals surface area contributed by atoms with Gasteiger partial charge >= 0.3 is 6.09 Å². The van der Waals surface area contributed by atoms with Crippen LogP contribution >= 0.6 is 0 Å². The Hall–Kier alpha value is -2.22. The molecule has 1 amide bonds. The van der Waals surface area contributed by atoms with Gasteiger partial charge in [-0.3, -0.25) is 0 Å². The number of carbonyl (C=O) groups is 1. The van der Waals surface area contributed by atoms with Crippen molar-refractivity contribution in [1.29, 1.82) is 5.26 Å². The first-order valence-corrected chi connectivity index (χ1v) is 6.39. The highest BCUT2D eigenvalue weighted by Crippen LogP contribution is 2.18. The summed E-state index contributed by atoms with van der Waals surface area (Å²) in [4.78, 5) is 13.6. The van der Waals surface area contributed by atoms with E-state index in [1.54, 1.807) is 20.8 Å². The fourth-order valence-corrected chi connectivity index (χ4v) is 1.58. The van der Waals surface area contributed by atoms with Crippen LogP contribution in [0.15, 0.2) is 24.3 Å². The van der Waals surface area contributed by atoms with Gasteiger partial charge in [-0.25, -0.2) is 4.79 Å². The number of rotatable bonds is 3. The number of nitrogens with zero attached hydrogens (tertiary/aromatic N) is 2. The maximum Gasteiger partial charge on any atom is 0.408 e. The zero-order chi connectivity index (χ0) is 15.3. The van der Waals surface area contributed by atoms with Gasteiger partial charge in [-0.05, 0) is 38.5 Å². The zero-order valence-electron chi connectivity index (χ0n) is 12.6. The maximum atomic E-state index is 11.7. The van der Waals surface area contributed by atoms with E-state index in [2.05, 4.69) is 11.4 Å². The topological polar surface area (TPSA) is 65.4 Å². The van der Waals surface area contributed by atoms with Gasteiger partial charge in [0.15, 0.2) is 0 Å². The predicted molar refractivity (Wildman–Crippen MR) is 78.5 cm³/mol. The fourth-order valence-electron chi connectivity index (χ4n) is 1.58. The molecule has 1 aromatic rings. The first kappa shape index (κ1) is 15.8. The number of ether oxygens (including phenoxy) is 1. The summed E-state index contributed by atoms with van der Waals surface area (Å²) in [7, 11) is 3.88. The molecular formula is C15H21N3O2. The minimum absolute atomic E-state index is 0.584. The molecule has 0 bridgehead atoms. The Kier molecular flexibility index (Phi) is 4.98. The zero-order valence-corrected chi connectivity index (χ0v) is 12.6. The molecule has 0 aliphatic carbocycles. The molecular weight excluding hydrogens is 254 g/mol. The van der Waals surface area contributed by atoms with Gasteiger partial charge in [0.25, 0.3) is 0 Å². The minimum atomic E-state index is -0.721. The highest BCUT2D eigenvalue weighted by molar-refractivity contribution is 5.69. The molecule has 0 aliphatic rings. The summed E-state index contributed by atoms with van der Waals surface area (Å²) >= 11 is 0. The van der Waals surface area contributed by atoms with Crippen molar-refractivity contribution in [3.05, 3.63) is 29.8 Å². The van der Waals surface area contributed by atoms with E-state index in [0.29, 0.717) is 0 Å². The third-order valence-electron chi connectivity index (χ3n) is 2.53. The summed E-state index contributed by atoms with van der Waals surface area (Å²) in [6, 6.07) is 8.78. The summed E-state index contributed by atoms with van der Waals surface area (Å²) in [5.41, 5.74) is 1.17. The second kappa shape index (κ2) is 6.29. The van der Waals surface area contributed by atoms with E-state index < -0.39 is 17.7 Å². The Labute approximate surface area is 120 Å². The standard InChI is InChI=1S/C15H21N3O2/c1-15(2,3)20-14(19)17-13(10-16)11-6-8-12(9-7-11)18(4)5/h6-9,13H,1-5H3,(H,17,19). The van der Waals surface area contributed by atoms with E-state index in [-0.39, 0.29) is 0 Å². The molecule has 1 N–H and O–H groups in total. The maximum absolute atomic E-state index is 11.7. The number of nitriles is 1. The lowest BCUT2D eigenvalue weighted by Crippen LogP contribution is -2.34. The van der Waals surface area contributed by atoms with Gasteiger partial charge in [0.2, 0.25) is 0 Å². The second-order valence-electron chi connectivity index (χ2n) is 5.69. The van der Waals surface area contributed by atoms with E-state index in [1.807, 2.05) is 43.3 Å². The highest BCUT2D eigenvalue weighted by atomic mass is 16.6. The molecule has 0 saturated carbocycles. The molecule has 1 unspecified atom stereocenters. The Morgan fingerprint density at radius 2 is 1.85 bits per heavy atom. The van der Waals surface area contributed by atoms with Crippen LogP contribution in [-0.4, -0.2) is 25.8 Å². The molecule has 0 heterocycles. The molecule has 0 radical (unpaired) electrons. The summed E-state index contributed by atoms with van der Waals surface area (Å²) in [6.45, 7) is 5.33. The van der Waals surface area contributed by atoms with Gasteiger partial charge in [0.1, 0.15) is 11.6 Å². The van der Waals surface area contributed by atoms with Crippen LogP contribution in [0.3, 0.4) is 0 Å². The number of hydrogen-bond donors (Lipinski definition) is 1. The lowest BCUT2D eigenvalue weighted by molar-refractivity contribution is 0.0515. The molecule has 0 aliphatic heterocycles. The predicted octanol–water partition coefficient (Wildman–Crippen LogP) is 2.84. The van der Waals surface area contributed by atoms with Gasteiger partial charge in [-0.1, -0.05) is 12.1 Å². The normalized spacial score (nSPS) is 12.2. The quantitative estimate of drug-likeness (QED) is 0.921. The Balaban J connectivity index is 2.77. The molecule has 20 heavy (non-hydrogen) atoms. The Bertz CT molecular complexity index is 495. The van der Waals surface area contributed by atoms with Crippen molar-refractivity contribution in [2.75, 3.05) is 19.0 Å². The molecule has 0 spiro atoms. The van der Waals surface area contributed by atoms with E-state index in [0.717, 1.165) is 11.3 Å². The lowest BCUT2D eigenvalue weighted by Gasteiger charge is -2.21. The van der Waals surface area contributed by atoms with Crippen LogP contribution in [0, 0.1) is 11.3 Å². The monoisotopic (exact) mass is 275 g/mol. The van der Waals surface area contributed by atoms with Gasteiger partial charge in [-0.2, -0.15) is 5.26 Å². The summed E-state index contributed by atoms with van der Waals surface area (Å²) < 4.78 is 5.14. The molecule has 5 heteroatoms. The van der Waals surface area contributed by atoms with Crippen LogP contribution in [0.25, 0.3) is 0 Å². The molecule has 1 aromatic carbocycles. The van der Waals surface area contributed by atoms with Crippen molar-refractivity contribution in [2.45, 2.75) is 32.4 Å².